The van der Waals surface area contributed by atoms with Crippen LogP contribution in [0.1, 0.15) is 99.8 Å². The summed E-state index contributed by atoms with van der Waals surface area (Å²) in [5.74, 6) is 0.947. The first-order chi connectivity index (χ1) is 18.6. The van der Waals surface area contributed by atoms with Crippen molar-refractivity contribution < 1.29 is 24.4 Å². The van der Waals surface area contributed by atoms with E-state index in [9.17, 15) is 10.2 Å². The molecular weight excluding hydrogens is 512 g/mol. The fourth-order valence-electron chi connectivity index (χ4n) is 4.64. The molecule has 0 saturated carbocycles. The second-order valence-electron chi connectivity index (χ2n) is 14.2. The largest absolute Gasteiger partial charge is 0.487 e. The third-order valence-electron chi connectivity index (χ3n) is 8.84. The molecule has 0 bridgehead atoms. The lowest BCUT2D eigenvalue weighted by Crippen LogP contribution is -2.48. The van der Waals surface area contributed by atoms with Gasteiger partial charge in [-0.1, -0.05) is 64.1 Å². The molecule has 224 valence electrons. The third-order valence-corrected chi connectivity index (χ3v) is 8.84. The Morgan fingerprint density at radius 2 is 0.659 bits per heavy atom. The number of hydrogen-bond acceptors (Lipinski definition) is 5. The Labute approximate surface area is 247 Å². The topological polar surface area (TPSA) is 68.2 Å². The molecule has 0 fully saturated rings. The maximum absolute atomic E-state index is 10.3. The maximum Gasteiger partial charge on any atom is 0.202 e. The molecule has 3 aromatic rings. The van der Waals surface area contributed by atoms with Gasteiger partial charge in [-0.2, -0.15) is 0 Å². The van der Waals surface area contributed by atoms with Crippen LogP contribution in [0.15, 0.2) is 72.8 Å². The monoisotopic (exact) mass is 562 g/mol. The Kier molecular flexibility index (Phi) is 8.72. The summed E-state index contributed by atoms with van der Waals surface area (Å²) in [4.78, 5) is 0. The molecule has 0 atom stereocenters. The Morgan fingerprint density at radius 1 is 0.390 bits per heavy atom. The molecule has 0 aliphatic rings. The van der Waals surface area contributed by atoms with Crippen LogP contribution in [0.3, 0.4) is 0 Å². The highest BCUT2D eigenvalue weighted by molar-refractivity contribution is 5.38. The van der Waals surface area contributed by atoms with Gasteiger partial charge in [-0.15, -0.1) is 0 Å². The predicted molar refractivity (Wildman–Crippen MR) is 167 cm³/mol. The van der Waals surface area contributed by atoms with Gasteiger partial charge in [-0.05, 0) is 94.6 Å². The highest BCUT2D eigenvalue weighted by Gasteiger charge is 2.42. The van der Waals surface area contributed by atoms with E-state index in [1.807, 2.05) is 60.7 Å². The van der Waals surface area contributed by atoms with Crippen LogP contribution in [0.25, 0.3) is 0 Å². The lowest BCUT2D eigenvalue weighted by Gasteiger charge is -2.43. The van der Waals surface area contributed by atoms with Crippen LogP contribution < -0.4 is 14.2 Å². The summed E-state index contributed by atoms with van der Waals surface area (Å²) < 4.78 is 18.7. The molecule has 0 amide bonds. The molecule has 0 unspecified atom stereocenters. The van der Waals surface area contributed by atoms with Crippen molar-refractivity contribution in [3.8, 4) is 17.2 Å². The zero-order valence-electron chi connectivity index (χ0n) is 27.0. The van der Waals surface area contributed by atoms with Crippen molar-refractivity contribution in [2.45, 2.75) is 117 Å². The van der Waals surface area contributed by atoms with Crippen LogP contribution in [0.4, 0.5) is 0 Å². The highest BCUT2D eigenvalue weighted by atomic mass is 16.6. The van der Waals surface area contributed by atoms with Crippen LogP contribution in [0.5, 0.6) is 17.2 Å². The first-order valence-corrected chi connectivity index (χ1v) is 14.4. The van der Waals surface area contributed by atoms with Crippen molar-refractivity contribution in [2.24, 2.45) is 0 Å². The van der Waals surface area contributed by atoms with Crippen molar-refractivity contribution in [2.75, 3.05) is 0 Å². The first kappa shape index (κ1) is 32.5. The van der Waals surface area contributed by atoms with Crippen LogP contribution in [0.2, 0.25) is 0 Å². The van der Waals surface area contributed by atoms with E-state index < -0.39 is 22.6 Å². The van der Waals surface area contributed by atoms with E-state index in [4.69, 9.17) is 14.2 Å². The second-order valence-corrected chi connectivity index (χ2v) is 14.2. The SMILES string of the molecule is CC(C)(O)Oc1ccc(C(C)(C)C(C)(C)Oc2ccc(C(C)(C)C(C)(C)Oc3ccc(C(C)(C)O)cc3)cc2)cc1. The molecule has 0 aromatic heterocycles. The molecule has 5 heteroatoms. The number of benzene rings is 3. The Morgan fingerprint density at radius 3 is 0.927 bits per heavy atom. The molecule has 0 saturated heterocycles. The molecule has 3 rings (SSSR count). The van der Waals surface area contributed by atoms with E-state index in [1.165, 1.54) is 0 Å². The minimum atomic E-state index is -1.23. The van der Waals surface area contributed by atoms with E-state index in [-0.39, 0.29) is 10.8 Å². The standard InChI is InChI=1S/C36H50O5/c1-31(2,35(9,10)40-29-23-17-27(18-24-29)33(5,6)37)25-13-19-28(20-14-25)39-34(7,8)32(3,4)26-15-21-30(22-16-26)41-36(11,12)38/h13-24,37-38H,1-12H3. The van der Waals surface area contributed by atoms with Crippen molar-refractivity contribution in [1.29, 1.82) is 0 Å². The molecule has 0 heterocycles. The first-order valence-electron chi connectivity index (χ1n) is 14.4. The summed E-state index contributed by atoms with van der Waals surface area (Å²) >= 11 is 0. The van der Waals surface area contributed by atoms with Crippen LogP contribution in [-0.2, 0) is 16.4 Å². The molecular formula is C36H50O5. The van der Waals surface area contributed by atoms with Gasteiger partial charge in [0.15, 0.2) is 0 Å². The fourth-order valence-corrected chi connectivity index (χ4v) is 4.64. The minimum Gasteiger partial charge on any atom is -0.487 e. The van der Waals surface area contributed by atoms with Crippen molar-refractivity contribution >= 4 is 0 Å². The van der Waals surface area contributed by atoms with E-state index >= 15 is 0 Å². The van der Waals surface area contributed by atoms with Crippen LogP contribution in [-0.4, -0.2) is 27.2 Å². The van der Waals surface area contributed by atoms with Crippen LogP contribution >= 0.6 is 0 Å². The fraction of sp³-hybridized carbons (Fsp3) is 0.500. The molecule has 3 aromatic carbocycles. The molecule has 41 heavy (non-hydrogen) atoms. The van der Waals surface area contributed by atoms with Crippen LogP contribution in [0, 0.1) is 0 Å². The minimum absolute atomic E-state index is 0.317. The summed E-state index contributed by atoms with van der Waals surface area (Å²) in [7, 11) is 0. The zero-order chi connectivity index (χ0) is 31.1. The average Bonchev–Trinajstić information content (AvgIpc) is 2.83. The molecule has 2 N–H and O–H groups in total. The van der Waals surface area contributed by atoms with Crippen molar-refractivity contribution in [3.63, 3.8) is 0 Å². The van der Waals surface area contributed by atoms with E-state index in [0.717, 1.165) is 28.2 Å². The van der Waals surface area contributed by atoms with E-state index in [1.54, 1.807) is 27.7 Å². The van der Waals surface area contributed by atoms with Gasteiger partial charge in [0.1, 0.15) is 28.5 Å². The lowest BCUT2D eigenvalue weighted by molar-refractivity contribution is -0.104. The molecule has 0 aliphatic carbocycles. The Bertz CT molecular complexity index is 1280. The number of ether oxygens (including phenoxy) is 3. The van der Waals surface area contributed by atoms with Gasteiger partial charge in [0, 0.05) is 24.7 Å². The van der Waals surface area contributed by atoms with Gasteiger partial charge in [0.05, 0.1) is 5.60 Å². The van der Waals surface area contributed by atoms with Crippen molar-refractivity contribution in [3.05, 3.63) is 89.5 Å². The number of rotatable bonds is 11. The number of hydrogen-bond donors (Lipinski definition) is 2. The molecule has 5 nitrogen and oxygen atoms in total. The average molecular weight is 563 g/mol. The number of aliphatic hydroxyl groups is 2. The maximum atomic E-state index is 10.3. The van der Waals surface area contributed by atoms with Gasteiger partial charge in [0.25, 0.3) is 0 Å². The molecule has 0 aliphatic heterocycles. The quantitative estimate of drug-likeness (QED) is 0.230. The summed E-state index contributed by atoms with van der Waals surface area (Å²) in [6.07, 6.45) is 0. The normalized spacial score (nSPS) is 13.6. The van der Waals surface area contributed by atoms with Gasteiger partial charge in [-0.3, -0.25) is 0 Å². The highest BCUT2D eigenvalue weighted by Crippen LogP contribution is 2.41. The third kappa shape index (κ3) is 7.44. The summed E-state index contributed by atoms with van der Waals surface area (Å²) in [6, 6.07) is 23.8. The second kappa shape index (κ2) is 11.0. The molecule has 0 radical (unpaired) electrons. The predicted octanol–water partition coefficient (Wildman–Crippen LogP) is 8.29. The van der Waals surface area contributed by atoms with Crippen molar-refractivity contribution in [1.82, 2.24) is 0 Å². The summed E-state index contributed by atoms with van der Waals surface area (Å²) in [6.45, 7) is 23.9. The van der Waals surface area contributed by atoms with Gasteiger partial charge in [-0.25, -0.2) is 0 Å². The summed E-state index contributed by atoms with van der Waals surface area (Å²) in [5.41, 5.74) is 0.518. The Balaban J connectivity index is 1.75. The molecule has 0 spiro atoms. The smallest absolute Gasteiger partial charge is 0.202 e. The Hall–Kier alpha value is -3.02. The van der Waals surface area contributed by atoms with E-state index in [0.29, 0.717) is 5.75 Å². The van der Waals surface area contributed by atoms with Gasteiger partial charge in [0.2, 0.25) is 5.79 Å². The lowest BCUT2D eigenvalue weighted by atomic mass is 9.71. The van der Waals surface area contributed by atoms with Gasteiger partial charge >= 0.3 is 0 Å². The summed E-state index contributed by atoms with van der Waals surface area (Å²) in [5, 5.41) is 20.2. The van der Waals surface area contributed by atoms with E-state index in [2.05, 4.69) is 67.5 Å². The zero-order valence-corrected chi connectivity index (χ0v) is 27.0. The van der Waals surface area contributed by atoms with Gasteiger partial charge < -0.3 is 24.4 Å².